The molecule has 0 heterocycles. The number of rotatable bonds is 3. The van der Waals surface area contributed by atoms with Crippen LogP contribution in [0.4, 0.5) is 0 Å². The van der Waals surface area contributed by atoms with Crippen LogP contribution in [0.5, 0.6) is 0 Å². The van der Waals surface area contributed by atoms with Crippen LogP contribution < -0.4 is 5.73 Å². The molecule has 0 unspecified atom stereocenters. The molecule has 2 nitrogen and oxygen atoms in total. The maximum Gasteiger partial charge on any atom is 0.224 e. The summed E-state index contributed by atoms with van der Waals surface area (Å²) in [6.45, 7) is 0. The molecule has 2 rings (SSSR count). The molecule has 14 heavy (non-hydrogen) atoms. The maximum atomic E-state index is 11.1. The summed E-state index contributed by atoms with van der Waals surface area (Å²) in [7, 11) is 0. The molecular formula is C11H11ClNO. The Morgan fingerprint density at radius 1 is 1.43 bits per heavy atom. The van der Waals surface area contributed by atoms with E-state index in [-0.39, 0.29) is 5.91 Å². The molecule has 0 atom stereocenters. The van der Waals surface area contributed by atoms with Crippen LogP contribution >= 0.6 is 11.6 Å². The quantitative estimate of drug-likeness (QED) is 0.813. The van der Waals surface area contributed by atoms with Gasteiger partial charge in [0.15, 0.2) is 0 Å². The first-order valence-corrected chi connectivity index (χ1v) is 4.92. The summed E-state index contributed by atoms with van der Waals surface area (Å²) in [6.07, 6.45) is 3.57. The standard InChI is InChI=1S/C11H11ClNO/c12-9-4-2-1-3-8(9)7-11(5-6-11)10(13)14/h1-4,7H,5-6H2,(H2,13,14). The number of hydrogen-bond donors (Lipinski definition) is 1. The van der Waals surface area contributed by atoms with Crippen molar-refractivity contribution in [3.63, 3.8) is 0 Å². The van der Waals surface area contributed by atoms with Gasteiger partial charge in [-0.25, -0.2) is 0 Å². The summed E-state index contributed by atoms with van der Waals surface area (Å²) in [6, 6.07) is 7.47. The minimum atomic E-state index is -0.426. The van der Waals surface area contributed by atoms with Crippen molar-refractivity contribution in [1.29, 1.82) is 0 Å². The van der Waals surface area contributed by atoms with Gasteiger partial charge in [0.2, 0.25) is 5.91 Å². The van der Waals surface area contributed by atoms with Gasteiger partial charge in [0.1, 0.15) is 0 Å². The average molecular weight is 209 g/mol. The van der Waals surface area contributed by atoms with Gasteiger partial charge < -0.3 is 5.73 Å². The lowest BCUT2D eigenvalue weighted by Gasteiger charge is -2.10. The number of halogens is 1. The molecule has 0 bridgehead atoms. The van der Waals surface area contributed by atoms with E-state index in [0.29, 0.717) is 5.02 Å². The number of hydrogen-bond acceptors (Lipinski definition) is 1. The molecule has 1 aromatic carbocycles. The topological polar surface area (TPSA) is 43.1 Å². The van der Waals surface area contributed by atoms with Crippen LogP contribution in [-0.4, -0.2) is 5.91 Å². The second-order valence-electron chi connectivity index (χ2n) is 3.69. The van der Waals surface area contributed by atoms with Gasteiger partial charge in [-0.1, -0.05) is 29.8 Å². The smallest absolute Gasteiger partial charge is 0.224 e. The third kappa shape index (κ3) is 1.62. The van der Waals surface area contributed by atoms with E-state index in [4.69, 9.17) is 17.3 Å². The Hall–Kier alpha value is -1.02. The van der Waals surface area contributed by atoms with Crippen molar-refractivity contribution in [3.8, 4) is 0 Å². The van der Waals surface area contributed by atoms with Gasteiger partial charge in [0, 0.05) is 11.4 Å². The highest BCUT2D eigenvalue weighted by Gasteiger charge is 2.48. The van der Waals surface area contributed by atoms with Crippen LogP contribution in [0.3, 0.4) is 0 Å². The molecule has 1 aliphatic rings. The monoisotopic (exact) mass is 208 g/mol. The predicted octanol–water partition coefficient (Wildman–Crippen LogP) is 2.16. The highest BCUT2D eigenvalue weighted by Crippen LogP contribution is 2.50. The molecule has 1 fully saturated rings. The average Bonchev–Trinajstić information content (AvgIpc) is 2.90. The van der Waals surface area contributed by atoms with E-state index in [1.165, 1.54) is 0 Å². The fraction of sp³-hybridized carbons (Fsp3) is 0.273. The molecule has 0 saturated heterocycles. The Bertz CT molecular complexity index is 371. The molecule has 1 aromatic rings. The van der Waals surface area contributed by atoms with E-state index >= 15 is 0 Å². The zero-order chi connectivity index (χ0) is 10.2. The molecule has 0 spiro atoms. The van der Waals surface area contributed by atoms with Crippen LogP contribution in [0.15, 0.2) is 24.3 Å². The number of carbonyl (C=O) groups is 1. The molecule has 1 radical (unpaired) electrons. The van der Waals surface area contributed by atoms with Crippen molar-refractivity contribution < 1.29 is 4.79 Å². The molecule has 73 valence electrons. The second kappa shape index (κ2) is 3.28. The van der Waals surface area contributed by atoms with Crippen LogP contribution in [-0.2, 0) is 4.79 Å². The number of nitrogens with two attached hydrogens (primary N) is 1. The number of carbonyl (C=O) groups excluding carboxylic acids is 1. The van der Waals surface area contributed by atoms with Crippen LogP contribution in [0.25, 0.3) is 0 Å². The fourth-order valence-electron chi connectivity index (χ4n) is 1.49. The Balaban J connectivity index is 2.19. The first kappa shape index (κ1) is 9.53. The van der Waals surface area contributed by atoms with Gasteiger partial charge in [-0.15, -0.1) is 0 Å². The Labute approximate surface area is 88.1 Å². The molecular weight excluding hydrogens is 198 g/mol. The molecule has 2 N–H and O–H groups in total. The molecule has 1 aliphatic carbocycles. The molecule has 1 amide bonds. The van der Waals surface area contributed by atoms with E-state index in [0.717, 1.165) is 18.4 Å². The van der Waals surface area contributed by atoms with E-state index in [1.54, 1.807) is 0 Å². The van der Waals surface area contributed by atoms with Gasteiger partial charge in [0.05, 0.1) is 5.41 Å². The van der Waals surface area contributed by atoms with Crippen molar-refractivity contribution in [2.75, 3.05) is 0 Å². The van der Waals surface area contributed by atoms with Crippen molar-refractivity contribution in [2.24, 2.45) is 11.1 Å². The zero-order valence-corrected chi connectivity index (χ0v) is 8.42. The summed E-state index contributed by atoms with van der Waals surface area (Å²) in [5.74, 6) is -0.252. The van der Waals surface area contributed by atoms with Gasteiger partial charge in [-0.3, -0.25) is 4.79 Å². The van der Waals surface area contributed by atoms with Crippen LogP contribution in [0, 0.1) is 11.8 Å². The largest absolute Gasteiger partial charge is 0.369 e. The summed E-state index contributed by atoms with van der Waals surface area (Å²) in [4.78, 5) is 11.1. The van der Waals surface area contributed by atoms with Crippen molar-refractivity contribution in [3.05, 3.63) is 41.3 Å². The molecule has 0 aromatic heterocycles. The van der Waals surface area contributed by atoms with E-state index in [1.807, 2.05) is 30.7 Å². The Morgan fingerprint density at radius 3 is 2.57 bits per heavy atom. The Morgan fingerprint density at radius 2 is 2.07 bits per heavy atom. The van der Waals surface area contributed by atoms with E-state index in [9.17, 15) is 4.79 Å². The molecule has 0 aliphatic heterocycles. The maximum absolute atomic E-state index is 11.1. The van der Waals surface area contributed by atoms with Crippen LogP contribution in [0.2, 0.25) is 5.02 Å². The van der Waals surface area contributed by atoms with Crippen molar-refractivity contribution in [1.82, 2.24) is 0 Å². The first-order chi connectivity index (χ1) is 6.64. The van der Waals surface area contributed by atoms with Crippen molar-refractivity contribution >= 4 is 17.5 Å². The van der Waals surface area contributed by atoms with Gasteiger partial charge in [0.25, 0.3) is 0 Å². The lowest BCUT2D eigenvalue weighted by Crippen LogP contribution is -2.25. The van der Waals surface area contributed by atoms with E-state index < -0.39 is 5.41 Å². The van der Waals surface area contributed by atoms with Gasteiger partial charge in [-0.2, -0.15) is 0 Å². The third-order valence-electron chi connectivity index (χ3n) is 2.62. The summed E-state index contributed by atoms with van der Waals surface area (Å²) in [5.41, 5.74) is 5.79. The first-order valence-electron chi connectivity index (χ1n) is 4.54. The minimum Gasteiger partial charge on any atom is -0.369 e. The number of benzene rings is 1. The third-order valence-corrected chi connectivity index (χ3v) is 2.96. The normalized spacial score (nSPS) is 17.8. The summed E-state index contributed by atoms with van der Waals surface area (Å²) < 4.78 is 0. The van der Waals surface area contributed by atoms with Gasteiger partial charge >= 0.3 is 0 Å². The highest BCUT2D eigenvalue weighted by molar-refractivity contribution is 6.31. The Kier molecular flexibility index (Phi) is 2.23. The second-order valence-corrected chi connectivity index (χ2v) is 4.09. The van der Waals surface area contributed by atoms with Crippen LogP contribution in [0.1, 0.15) is 18.4 Å². The van der Waals surface area contributed by atoms with Crippen molar-refractivity contribution in [2.45, 2.75) is 12.8 Å². The van der Waals surface area contributed by atoms with E-state index in [2.05, 4.69) is 0 Å². The molecule has 3 heteroatoms. The zero-order valence-electron chi connectivity index (χ0n) is 7.66. The lowest BCUT2D eigenvalue weighted by atomic mass is 9.96. The number of primary amides is 1. The minimum absolute atomic E-state index is 0.252. The summed E-state index contributed by atoms with van der Waals surface area (Å²) >= 11 is 5.98. The molecule has 1 saturated carbocycles. The fourth-order valence-corrected chi connectivity index (χ4v) is 1.68. The predicted molar refractivity (Wildman–Crippen MR) is 55.7 cm³/mol. The highest BCUT2D eigenvalue weighted by atomic mass is 35.5. The SMILES string of the molecule is NC(=O)C1([CH]c2ccccc2Cl)CC1. The number of amides is 1. The van der Waals surface area contributed by atoms with Gasteiger partial charge in [-0.05, 0) is 24.5 Å². The lowest BCUT2D eigenvalue weighted by molar-refractivity contribution is -0.121. The summed E-state index contributed by atoms with van der Waals surface area (Å²) in [5, 5.41) is 0.667.